The molecule has 1 aliphatic heterocycles. The van der Waals surface area contributed by atoms with Crippen molar-refractivity contribution in [1.29, 1.82) is 0 Å². The highest BCUT2D eigenvalue weighted by Gasteiger charge is 2.36. The van der Waals surface area contributed by atoms with E-state index in [0.29, 0.717) is 42.2 Å². The van der Waals surface area contributed by atoms with Crippen molar-refractivity contribution in [2.75, 3.05) is 13.7 Å². The summed E-state index contributed by atoms with van der Waals surface area (Å²) in [5.74, 6) is 0.718. The summed E-state index contributed by atoms with van der Waals surface area (Å²) >= 11 is 0. The fraction of sp³-hybridized carbons (Fsp3) is 0.542. The van der Waals surface area contributed by atoms with Crippen LogP contribution in [0.4, 0.5) is 4.79 Å². The van der Waals surface area contributed by atoms with Gasteiger partial charge in [-0.25, -0.2) is 4.79 Å². The molecular formula is C24H33NO5. The summed E-state index contributed by atoms with van der Waals surface area (Å²) in [6.45, 7) is 13.9. The quantitative estimate of drug-likeness (QED) is 0.468. The summed E-state index contributed by atoms with van der Waals surface area (Å²) in [7, 11) is 1.52. The molecule has 1 atom stereocenters. The minimum absolute atomic E-state index is 0.0846. The van der Waals surface area contributed by atoms with Crippen molar-refractivity contribution < 1.29 is 23.9 Å². The van der Waals surface area contributed by atoms with Gasteiger partial charge in [-0.05, 0) is 68.4 Å². The van der Waals surface area contributed by atoms with Gasteiger partial charge in [-0.1, -0.05) is 20.4 Å². The smallest absolute Gasteiger partial charge is 0.410 e. The van der Waals surface area contributed by atoms with Crippen LogP contribution >= 0.6 is 0 Å². The second-order valence-electron chi connectivity index (χ2n) is 9.18. The first-order valence-electron chi connectivity index (χ1n) is 10.3. The largest absolute Gasteiger partial charge is 0.496 e. The molecule has 1 amide bonds. The van der Waals surface area contributed by atoms with E-state index in [9.17, 15) is 14.4 Å². The first-order valence-corrected chi connectivity index (χ1v) is 10.3. The van der Waals surface area contributed by atoms with Crippen molar-refractivity contribution in [3.8, 4) is 5.75 Å². The number of Topliss-reactive ketones (excluding diaryl/α,β-unsaturated/α-hetero) is 1. The third-order valence-electron chi connectivity index (χ3n) is 5.03. The van der Waals surface area contributed by atoms with Crippen LogP contribution in [0.1, 0.15) is 75.0 Å². The van der Waals surface area contributed by atoms with Crippen molar-refractivity contribution in [2.24, 2.45) is 5.92 Å². The topological polar surface area (TPSA) is 72.9 Å². The minimum atomic E-state index is -0.652. The first-order chi connectivity index (χ1) is 14.0. The molecule has 1 aromatic carbocycles. The Labute approximate surface area is 179 Å². The minimum Gasteiger partial charge on any atom is -0.496 e. The van der Waals surface area contributed by atoms with Crippen LogP contribution in [-0.2, 0) is 16.0 Å². The predicted molar refractivity (Wildman–Crippen MR) is 116 cm³/mol. The molecule has 6 heteroatoms. The van der Waals surface area contributed by atoms with Gasteiger partial charge in [0, 0.05) is 13.0 Å². The summed E-state index contributed by atoms with van der Waals surface area (Å²) in [4.78, 5) is 39.0. The SMILES string of the molecule is C=C(CC(C)C)C(=O)C[C@H]1c2cc(C=O)c(OC)cc2CCN1C(=O)OC(C)(C)C. The van der Waals surface area contributed by atoms with Crippen molar-refractivity contribution in [1.82, 2.24) is 4.90 Å². The fourth-order valence-corrected chi connectivity index (χ4v) is 3.70. The number of benzene rings is 1. The Balaban J connectivity index is 2.45. The van der Waals surface area contributed by atoms with Gasteiger partial charge in [-0.2, -0.15) is 0 Å². The molecule has 0 spiro atoms. The normalized spacial score (nSPS) is 16.1. The summed E-state index contributed by atoms with van der Waals surface area (Å²) in [6, 6.07) is 3.02. The average molecular weight is 416 g/mol. The van der Waals surface area contributed by atoms with Crippen LogP contribution in [-0.4, -0.2) is 42.3 Å². The van der Waals surface area contributed by atoms with Crippen LogP contribution in [0, 0.1) is 5.92 Å². The molecule has 1 aliphatic rings. The zero-order valence-corrected chi connectivity index (χ0v) is 18.9. The highest BCUT2D eigenvalue weighted by atomic mass is 16.6. The van der Waals surface area contributed by atoms with E-state index < -0.39 is 17.7 Å². The Morgan fingerprint density at radius 3 is 2.50 bits per heavy atom. The van der Waals surface area contributed by atoms with Crippen molar-refractivity contribution in [3.05, 3.63) is 41.0 Å². The van der Waals surface area contributed by atoms with E-state index in [0.717, 1.165) is 17.4 Å². The van der Waals surface area contributed by atoms with Crippen molar-refractivity contribution in [2.45, 2.75) is 65.5 Å². The second kappa shape index (κ2) is 9.45. The first kappa shape index (κ1) is 23.6. The monoisotopic (exact) mass is 415 g/mol. The highest BCUT2D eigenvalue weighted by molar-refractivity contribution is 5.95. The molecule has 0 fully saturated rings. The third-order valence-corrected chi connectivity index (χ3v) is 5.03. The highest BCUT2D eigenvalue weighted by Crippen LogP contribution is 2.37. The number of hydrogen-bond acceptors (Lipinski definition) is 5. The molecule has 0 aromatic heterocycles. The average Bonchev–Trinajstić information content (AvgIpc) is 2.64. The number of aldehydes is 1. The van der Waals surface area contributed by atoms with E-state index in [1.165, 1.54) is 7.11 Å². The summed E-state index contributed by atoms with van der Waals surface area (Å²) in [5, 5.41) is 0. The molecule has 1 aromatic rings. The fourth-order valence-electron chi connectivity index (χ4n) is 3.70. The van der Waals surface area contributed by atoms with Crippen LogP contribution in [0.5, 0.6) is 5.75 Å². The van der Waals surface area contributed by atoms with Gasteiger partial charge >= 0.3 is 6.09 Å². The van der Waals surface area contributed by atoms with Gasteiger partial charge in [0.05, 0.1) is 18.7 Å². The number of fused-ring (bicyclic) bond motifs is 1. The molecule has 6 nitrogen and oxygen atoms in total. The Kier molecular flexibility index (Phi) is 7.45. The number of hydrogen-bond donors (Lipinski definition) is 0. The zero-order chi connectivity index (χ0) is 22.6. The summed E-state index contributed by atoms with van der Waals surface area (Å²) in [5.41, 5.74) is 2.03. The number of ketones is 1. The van der Waals surface area contributed by atoms with Crippen LogP contribution < -0.4 is 4.74 Å². The lowest BCUT2D eigenvalue weighted by molar-refractivity contribution is -0.117. The lowest BCUT2D eigenvalue weighted by Gasteiger charge is -2.38. The molecule has 30 heavy (non-hydrogen) atoms. The number of methoxy groups -OCH3 is 1. The zero-order valence-electron chi connectivity index (χ0n) is 18.9. The lowest BCUT2D eigenvalue weighted by Crippen LogP contribution is -2.43. The maximum Gasteiger partial charge on any atom is 0.410 e. The second-order valence-corrected chi connectivity index (χ2v) is 9.18. The Morgan fingerprint density at radius 1 is 1.30 bits per heavy atom. The van der Waals surface area contributed by atoms with Crippen molar-refractivity contribution >= 4 is 18.2 Å². The van der Waals surface area contributed by atoms with Crippen LogP contribution in [0.3, 0.4) is 0 Å². The number of allylic oxidation sites excluding steroid dienone is 1. The number of carbonyl (C=O) groups excluding carboxylic acids is 3. The molecular weight excluding hydrogens is 382 g/mol. The third kappa shape index (κ3) is 5.71. The molecule has 0 radical (unpaired) electrons. The number of carbonyl (C=O) groups is 3. The number of ether oxygens (including phenoxy) is 2. The number of amides is 1. The molecule has 0 N–H and O–H groups in total. The summed E-state index contributed by atoms with van der Waals surface area (Å²) < 4.78 is 10.9. The Morgan fingerprint density at radius 2 is 1.97 bits per heavy atom. The molecule has 164 valence electrons. The van der Waals surface area contributed by atoms with E-state index in [4.69, 9.17) is 9.47 Å². The van der Waals surface area contributed by atoms with E-state index in [1.807, 2.05) is 40.7 Å². The molecule has 0 aliphatic carbocycles. The molecule has 0 saturated carbocycles. The van der Waals surface area contributed by atoms with Gasteiger partial charge < -0.3 is 14.4 Å². The van der Waals surface area contributed by atoms with E-state index in [1.54, 1.807) is 11.0 Å². The summed E-state index contributed by atoms with van der Waals surface area (Å²) in [6.07, 6.45) is 1.54. The van der Waals surface area contributed by atoms with Gasteiger partial charge in [-0.15, -0.1) is 0 Å². The van der Waals surface area contributed by atoms with E-state index in [-0.39, 0.29) is 12.2 Å². The van der Waals surface area contributed by atoms with Crippen molar-refractivity contribution in [3.63, 3.8) is 0 Å². The maximum absolute atomic E-state index is 12.9. The Bertz CT molecular complexity index is 835. The van der Waals surface area contributed by atoms with E-state index in [2.05, 4.69) is 6.58 Å². The van der Waals surface area contributed by atoms with Gasteiger partial charge in [0.25, 0.3) is 0 Å². The van der Waals surface area contributed by atoms with E-state index >= 15 is 0 Å². The number of nitrogens with zero attached hydrogens (tertiary/aromatic N) is 1. The molecule has 0 bridgehead atoms. The van der Waals surface area contributed by atoms with Crippen LogP contribution in [0.15, 0.2) is 24.3 Å². The standard InChI is InChI=1S/C24H33NO5/c1-15(2)10-16(3)21(27)13-20-19-11-18(14-26)22(29-7)12-17(19)8-9-25(20)23(28)30-24(4,5)6/h11-12,14-15,20H,3,8-10,13H2,1-2,4-7H3/t20-/m0/s1. The molecule has 2 rings (SSSR count). The number of rotatable bonds is 7. The molecule has 0 unspecified atom stereocenters. The van der Waals surface area contributed by atoms with Gasteiger partial charge in [-0.3, -0.25) is 9.59 Å². The lowest BCUT2D eigenvalue weighted by atomic mass is 9.86. The maximum atomic E-state index is 12.9. The van der Waals surface area contributed by atoms with Gasteiger partial charge in [0.2, 0.25) is 0 Å². The van der Waals surface area contributed by atoms with Gasteiger partial charge in [0.1, 0.15) is 11.4 Å². The van der Waals surface area contributed by atoms with Gasteiger partial charge in [0.15, 0.2) is 12.1 Å². The molecule has 0 saturated heterocycles. The van der Waals surface area contributed by atoms with Crippen LogP contribution in [0.25, 0.3) is 0 Å². The Hall–Kier alpha value is -2.63. The predicted octanol–water partition coefficient (Wildman–Crippen LogP) is 4.90. The van der Waals surface area contributed by atoms with Crippen LogP contribution in [0.2, 0.25) is 0 Å². The molecule has 1 heterocycles.